The summed E-state index contributed by atoms with van der Waals surface area (Å²) in [5.74, 6) is 0.351. The van der Waals surface area contributed by atoms with Gasteiger partial charge in [-0.05, 0) is 48.6 Å². The molecule has 0 radical (unpaired) electrons. The number of para-hydroxylation sites is 1. The molecule has 3 aromatic rings. The van der Waals surface area contributed by atoms with Crippen LogP contribution >= 0.6 is 11.3 Å². The molecule has 1 heterocycles. The first kappa shape index (κ1) is 27.7. The van der Waals surface area contributed by atoms with Crippen molar-refractivity contribution in [3.05, 3.63) is 70.4 Å². The number of thiophene rings is 1. The molecule has 7 nitrogen and oxygen atoms in total. The minimum absolute atomic E-state index is 0.147. The molecular weight excluding hydrogens is 494 g/mol. The number of ether oxygens (including phenoxy) is 1. The van der Waals surface area contributed by atoms with Crippen LogP contribution in [0.3, 0.4) is 0 Å². The number of unbranched alkanes of at least 4 members (excludes halogenated alkanes) is 2. The quantitative estimate of drug-likeness (QED) is 0.299. The first-order valence-corrected chi connectivity index (χ1v) is 14.6. The molecule has 0 aliphatic rings. The Labute approximate surface area is 218 Å². The molecular formula is C27H35N3O4S2. The zero-order valence-electron chi connectivity index (χ0n) is 21.1. The predicted octanol–water partition coefficient (Wildman–Crippen LogP) is 5.87. The molecule has 36 heavy (non-hydrogen) atoms. The van der Waals surface area contributed by atoms with Crippen molar-refractivity contribution >= 4 is 33.0 Å². The number of amides is 1. The molecule has 2 N–H and O–H groups in total. The molecule has 0 saturated carbocycles. The van der Waals surface area contributed by atoms with Gasteiger partial charge in [-0.2, -0.15) is 0 Å². The van der Waals surface area contributed by atoms with E-state index >= 15 is 0 Å². The Bertz CT molecular complexity index is 1220. The van der Waals surface area contributed by atoms with Crippen molar-refractivity contribution < 1.29 is 17.9 Å². The van der Waals surface area contributed by atoms with E-state index in [4.69, 9.17) is 9.88 Å². The average Bonchev–Trinajstić information content (AvgIpc) is 3.37. The smallest absolute Gasteiger partial charge is 0.254 e. The summed E-state index contributed by atoms with van der Waals surface area (Å²) in [5.41, 5.74) is 0.812. The number of nitrogens with two attached hydrogens (primary N) is 1. The van der Waals surface area contributed by atoms with E-state index in [2.05, 4.69) is 18.7 Å². The summed E-state index contributed by atoms with van der Waals surface area (Å²) in [6.07, 6.45) is 3.77. The summed E-state index contributed by atoms with van der Waals surface area (Å²) in [6, 6.07) is 16.0. The van der Waals surface area contributed by atoms with Gasteiger partial charge in [0.2, 0.25) is 10.0 Å². The number of hydrogen-bond acceptors (Lipinski definition) is 6. The van der Waals surface area contributed by atoms with Gasteiger partial charge >= 0.3 is 0 Å². The van der Waals surface area contributed by atoms with E-state index in [1.807, 2.05) is 35.7 Å². The highest BCUT2D eigenvalue weighted by atomic mass is 32.2. The molecule has 0 spiro atoms. The minimum atomic E-state index is -4.20. The Hall–Kier alpha value is -2.88. The summed E-state index contributed by atoms with van der Waals surface area (Å²) < 4.78 is 31.8. The van der Waals surface area contributed by atoms with E-state index in [9.17, 15) is 13.2 Å². The molecule has 0 saturated heterocycles. The van der Waals surface area contributed by atoms with Crippen LogP contribution in [0, 0.1) is 0 Å². The van der Waals surface area contributed by atoms with Crippen molar-refractivity contribution in [2.75, 3.05) is 25.0 Å². The lowest BCUT2D eigenvalue weighted by Gasteiger charge is -2.29. The summed E-state index contributed by atoms with van der Waals surface area (Å²) in [5, 5.41) is 7.64. The Morgan fingerprint density at radius 3 is 2.22 bits per heavy atom. The van der Waals surface area contributed by atoms with Crippen molar-refractivity contribution in [1.82, 2.24) is 4.90 Å². The third kappa shape index (κ3) is 7.32. The van der Waals surface area contributed by atoms with Crippen LogP contribution in [-0.2, 0) is 16.6 Å². The highest BCUT2D eigenvalue weighted by molar-refractivity contribution is 7.89. The molecule has 0 aliphatic carbocycles. The van der Waals surface area contributed by atoms with Crippen LogP contribution in [0.2, 0.25) is 0 Å². The second kappa shape index (κ2) is 12.9. The average molecular weight is 530 g/mol. The molecule has 1 amide bonds. The van der Waals surface area contributed by atoms with Gasteiger partial charge in [-0.25, -0.2) is 13.6 Å². The number of primary sulfonamides is 1. The van der Waals surface area contributed by atoms with Gasteiger partial charge in [0.25, 0.3) is 5.91 Å². The first-order chi connectivity index (χ1) is 17.2. The summed E-state index contributed by atoms with van der Waals surface area (Å²) in [4.78, 5) is 18.0. The third-order valence-corrected chi connectivity index (χ3v) is 7.55. The lowest BCUT2D eigenvalue weighted by molar-refractivity contribution is 0.0786. The van der Waals surface area contributed by atoms with Crippen LogP contribution < -0.4 is 14.8 Å². The minimum Gasteiger partial charge on any atom is -0.454 e. The van der Waals surface area contributed by atoms with Crippen molar-refractivity contribution in [3.63, 3.8) is 0 Å². The van der Waals surface area contributed by atoms with E-state index in [-0.39, 0.29) is 22.1 Å². The Kier molecular flexibility index (Phi) is 9.92. The van der Waals surface area contributed by atoms with Crippen LogP contribution in [-0.4, -0.2) is 39.4 Å². The number of benzene rings is 2. The third-order valence-electron chi connectivity index (χ3n) is 5.78. The van der Waals surface area contributed by atoms with Gasteiger partial charge < -0.3 is 14.5 Å². The Morgan fingerprint density at radius 2 is 1.67 bits per heavy atom. The van der Waals surface area contributed by atoms with Crippen molar-refractivity contribution in [3.8, 4) is 11.5 Å². The van der Waals surface area contributed by atoms with Gasteiger partial charge in [-0.15, -0.1) is 11.3 Å². The van der Waals surface area contributed by atoms with Gasteiger partial charge in [-0.3, -0.25) is 4.79 Å². The molecule has 2 aromatic carbocycles. The SMILES string of the molecule is CCCCN(CCCC)c1cc(C(=O)N(C)Cc2cccs2)cc(S(N)(=O)=O)c1Oc1ccccc1. The second-order valence-electron chi connectivity index (χ2n) is 8.72. The summed E-state index contributed by atoms with van der Waals surface area (Å²) >= 11 is 1.56. The number of nitrogens with zero attached hydrogens (tertiary/aromatic N) is 2. The maximum atomic E-state index is 13.5. The topological polar surface area (TPSA) is 92.9 Å². The monoisotopic (exact) mass is 529 g/mol. The van der Waals surface area contributed by atoms with E-state index in [0.29, 0.717) is 31.1 Å². The highest BCUT2D eigenvalue weighted by Gasteiger charge is 2.27. The molecule has 0 unspecified atom stereocenters. The van der Waals surface area contributed by atoms with Crippen molar-refractivity contribution in [2.45, 2.75) is 51.0 Å². The molecule has 0 bridgehead atoms. The fraction of sp³-hybridized carbons (Fsp3) is 0.370. The van der Waals surface area contributed by atoms with Crippen LogP contribution in [0.25, 0.3) is 0 Å². The number of rotatable bonds is 13. The van der Waals surface area contributed by atoms with E-state index in [0.717, 1.165) is 30.6 Å². The molecule has 9 heteroatoms. The van der Waals surface area contributed by atoms with Gasteiger partial charge in [0, 0.05) is 30.6 Å². The maximum absolute atomic E-state index is 13.5. The summed E-state index contributed by atoms with van der Waals surface area (Å²) in [7, 11) is -2.50. The zero-order valence-corrected chi connectivity index (χ0v) is 22.8. The second-order valence-corrected chi connectivity index (χ2v) is 11.3. The van der Waals surface area contributed by atoms with E-state index < -0.39 is 10.0 Å². The van der Waals surface area contributed by atoms with Gasteiger partial charge in [0.15, 0.2) is 5.75 Å². The van der Waals surface area contributed by atoms with Crippen LogP contribution in [0.5, 0.6) is 11.5 Å². The molecule has 3 rings (SSSR count). The van der Waals surface area contributed by atoms with Crippen LogP contribution in [0.1, 0.15) is 54.8 Å². The Balaban J connectivity index is 2.15. The maximum Gasteiger partial charge on any atom is 0.254 e. The molecule has 0 atom stereocenters. The fourth-order valence-corrected chi connectivity index (χ4v) is 5.30. The van der Waals surface area contributed by atoms with Crippen molar-refractivity contribution in [2.24, 2.45) is 5.14 Å². The summed E-state index contributed by atoms with van der Waals surface area (Å²) in [6.45, 7) is 6.04. The molecule has 0 fully saturated rings. The highest BCUT2D eigenvalue weighted by Crippen LogP contribution is 2.40. The van der Waals surface area contributed by atoms with Crippen molar-refractivity contribution in [1.29, 1.82) is 0 Å². The number of carbonyl (C=O) groups excluding carboxylic acids is 1. The molecule has 194 valence electrons. The van der Waals surface area contributed by atoms with Gasteiger partial charge in [0.1, 0.15) is 10.6 Å². The molecule has 0 aliphatic heterocycles. The van der Waals surface area contributed by atoms with Gasteiger partial charge in [-0.1, -0.05) is 51.0 Å². The lowest BCUT2D eigenvalue weighted by Crippen LogP contribution is -2.29. The van der Waals surface area contributed by atoms with Crippen LogP contribution in [0.15, 0.2) is 64.9 Å². The van der Waals surface area contributed by atoms with E-state index in [1.54, 1.807) is 41.5 Å². The Morgan fingerprint density at radius 1 is 1.00 bits per heavy atom. The largest absolute Gasteiger partial charge is 0.454 e. The fourth-order valence-electron chi connectivity index (χ4n) is 3.85. The number of sulfonamides is 1. The van der Waals surface area contributed by atoms with Crippen LogP contribution in [0.4, 0.5) is 5.69 Å². The van der Waals surface area contributed by atoms with E-state index in [1.165, 1.54) is 6.07 Å². The number of hydrogen-bond donors (Lipinski definition) is 1. The molecule has 1 aromatic heterocycles. The number of carbonyl (C=O) groups is 1. The number of anilines is 1. The van der Waals surface area contributed by atoms with Gasteiger partial charge in [0.05, 0.1) is 12.2 Å². The predicted molar refractivity (Wildman–Crippen MR) is 146 cm³/mol. The lowest BCUT2D eigenvalue weighted by atomic mass is 10.1. The zero-order chi connectivity index (χ0) is 26.1. The normalized spacial score (nSPS) is 11.3. The first-order valence-electron chi connectivity index (χ1n) is 12.2. The standard InChI is InChI=1S/C27H35N3O4S2/c1-4-6-15-30(16-7-5-2)24-18-21(27(31)29(3)20-23-14-11-17-35-23)19-25(36(28,32)33)26(24)34-22-12-9-8-10-13-22/h8-14,17-19H,4-7,15-16,20H2,1-3H3,(H2,28,32,33).